The van der Waals surface area contributed by atoms with E-state index in [1.54, 1.807) is 30.2 Å². The first kappa shape index (κ1) is 18.9. The van der Waals surface area contributed by atoms with Crippen molar-refractivity contribution in [2.45, 2.75) is 4.90 Å². The van der Waals surface area contributed by atoms with Crippen LogP contribution >= 0.6 is 11.8 Å². The van der Waals surface area contributed by atoms with E-state index in [4.69, 9.17) is 0 Å². The molecule has 1 saturated heterocycles. The fourth-order valence-electron chi connectivity index (χ4n) is 3.34. The van der Waals surface area contributed by atoms with Crippen LogP contribution in [0.5, 0.6) is 0 Å². The molecule has 0 radical (unpaired) electrons. The summed E-state index contributed by atoms with van der Waals surface area (Å²) in [5, 5.41) is 11.3. The summed E-state index contributed by atoms with van der Waals surface area (Å²) < 4.78 is 27.7. The maximum Gasteiger partial charge on any atom is 0.335 e. The first-order valence-electron chi connectivity index (χ1n) is 8.76. The first-order chi connectivity index (χ1) is 13.5. The van der Waals surface area contributed by atoms with E-state index in [9.17, 15) is 18.3 Å². The zero-order valence-corrected chi connectivity index (χ0v) is 16.5. The molecule has 3 aromatic rings. The van der Waals surface area contributed by atoms with E-state index >= 15 is 0 Å². The van der Waals surface area contributed by atoms with Crippen molar-refractivity contribution in [3.8, 4) is 11.1 Å². The average molecular weight is 415 g/mol. The number of sulfonamides is 1. The summed E-state index contributed by atoms with van der Waals surface area (Å²) in [5.74, 6) is 0.316. The van der Waals surface area contributed by atoms with Gasteiger partial charge in [0.2, 0.25) is 10.0 Å². The number of carboxylic acid groups (broad SMARTS) is 1. The monoisotopic (exact) mass is 414 g/mol. The molecule has 6 nitrogen and oxygen atoms in total. The van der Waals surface area contributed by atoms with Crippen molar-refractivity contribution in [2.24, 2.45) is 0 Å². The highest BCUT2D eigenvalue weighted by atomic mass is 32.2. The third-order valence-corrected chi connectivity index (χ3v) is 7.57. The number of carbonyl (C=O) groups is 1. The molecular weight excluding hydrogens is 396 g/mol. The van der Waals surface area contributed by atoms with Crippen LogP contribution in [0.1, 0.15) is 10.4 Å². The average Bonchev–Trinajstić information content (AvgIpc) is 2.73. The van der Waals surface area contributed by atoms with Gasteiger partial charge in [-0.15, -0.1) is 0 Å². The molecule has 4 rings (SSSR count). The number of fused-ring (bicyclic) bond motifs is 1. The number of benzene rings is 2. The number of aromatic carboxylic acids is 1. The molecule has 8 heteroatoms. The molecule has 1 fully saturated rings. The third kappa shape index (κ3) is 3.50. The van der Waals surface area contributed by atoms with Gasteiger partial charge in [-0.05, 0) is 40.8 Å². The van der Waals surface area contributed by atoms with Crippen molar-refractivity contribution in [3.05, 3.63) is 60.4 Å². The zero-order chi connectivity index (χ0) is 19.7. The topological polar surface area (TPSA) is 87.6 Å². The summed E-state index contributed by atoms with van der Waals surface area (Å²) in [5.41, 5.74) is 1.28. The lowest BCUT2D eigenvalue weighted by atomic mass is 9.98. The Morgan fingerprint density at radius 1 is 1.11 bits per heavy atom. The summed E-state index contributed by atoms with van der Waals surface area (Å²) in [6.07, 6.45) is 3.39. The molecule has 0 bridgehead atoms. The van der Waals surface area contributed by atoms with Crippen LogP contribution in [0.25, 0.3) is 21.9 Å². The number of carboxylic acids is 1. The highest BCUT2D eigenvalue weighted by Gasteiger charge is 2.27. The Kier molecular flexibility index (Phi) is 5.09. The number of hydrogen-bond donors (Lipinski definition) is 1. The first-order valence-corrected chi connectivity index (χ1v) is 11.4. The van der Waals surface area contributed by atoms with Crippen LogP contribution in [0.15, 0.2) is 59.8 Å². The summed E-state index contributed by atoms with van der Waals surface area (Å²) in [4.78, 5) is 15.8. The minimum absolute atomic E-state index is 0.0142. The van der Waals surface area contributed by atoms with Crippen LogP contribution in [-0.4, -0.2) is 53.4 Å². The maximum atomic E-state index is 13.1. The van der Waals surface area contributed by atoms with Crippen molar-refractivity contribution < 1.29 is 18.3 Å². The summed E-state index contributed by atoms with van der Waals surface area (Å²) >= 11 is 1.71. The predicted octanol–water partition coefficient (Wildman–Crippen LogP) is 3.34. The lowest BCUT2D eigenvalue weighted by Crippen LogP contribution is -2.37. The number of nitrogens with zero attached hydrogens (tertiary/aromatic N) is 2. The number of rotatable bonds is 4. The van der Waals surface area contributed by atoms with Gasteiger partial charge in [-0.25, -0.2) is 13.2 Å². The molecule has 0 atom stereocenters. The zero-order valence-electron chi connectivity index (χ0n) is 14.9. The van der Waals surface area contributed by atoms with Crippen LogP contribution in [0.2, 0.25) is 0 Å². The van der Waals surface area contributed by atoms with Gasteiger partial charge in [0, 0.05) is 42.4 Å². The molecule has 0 saturated carbocycles. The molecule has 1 N–H and O–H groups in total. The van der Waals surface area contributed by atoms with Crippen molar-refractivity contribution >= 4 is 38.5 Å². The molecule has 1 aromatic heterocycles. The molecule has 1 aliphatic heterocycles. The van der Waals surface area contributed by atoms with Crippen LogP contribution in [0.4, 0.5) is 0 Å². The Labute approximate surface area is 167 Å². The third-order valence-electron chi connectivity index (χ3n) is 4.75. The normalized spacial score (nSPS) is 15.6. The van der Waals surface area contributed by atoms with Gasteiger partial charge in [0.15, 0.2) is 0 Å². The van der Waals surface area contributed by atoms with Gasteiger partial charge in [0.1, 0.15) is 0 Å². The molecule has 144 valence electrons. The van der Waals surface area contributed by atoms with E-state index in [2.05, 4.69) is 4.98 Å². The second-order valence-corrected chi connectivity index (χ2v) is 9.63. The Morgan fingerprint density at radius 2 is 1.89 bits per heavy atom. The van der Waals surface area contributed by atoms with Crippen LogP contribution < -0.4 is 0 Å². The highest BCUT2D eigenvalue weighted by molar-refractivity contribution is 7.99. The highest BCUT2D eigenvalue weighted by Crippen LogP contribution is 2.32. The Balaban J connectivity index is 1.90. The van der Waals surface area contributed by atoms with E-state index in [0.29, 0.717) is 18.7 Å². The van der Waals surface area contributed by atoms with Crippen molar-refractivity contribution in [1.29, 1.82) is 0 Å². The fraction of sp³-hybridized carbons (Fsp3) is 0.200. The van der Waals surface area contributed by atoms with Gasteiger partial charge in [0.05, 0.1) is 10.5 Å². The summed E-state index contributed by atoms with van der Waals surface area (Å²) in [6, 6.07) is 11.8. The number of hydrogen-bond acceptors (Lipinski definition) is 5. The van der Waals surface area contributed by atoms with E-state index < -0.39 is 16.0 Å². The van der Waals surface area contributed by atoms with Gasteiger partial charge in [0.25, 0.3) is 0 Å². The number of pyridine rings is 1. The van der Waals surface area contributed by atoms with Gasteiger partial charge < -0.3 is 5.11 Å². The fourth-order valence-corrected chi connectivity index (χ4v) is 5.98. The van der Waals surface area contributed by atoms with Crippen LogP contribution in [-0.2, 0) is 10.0 Å². The molecule has 0 aliphatic carbocycles. The second-order valence-electron chi connectivity index (χ2n) is 6.47. The molecule has 0 unspecified atom stereocenters. The van der Waals surface area contributed by atoms with Gasteiger partial charge in [-0.3, -0.25) is 4.98 Å². The molecule has 2 heterocycles. The van der Waals surface area contributed by atoms with Gasteiger partial charge >= 0.3 is 5.97 Å². The van der Waals surface area contributed by atoms with E-state index in [0.717, 1.165) is 27.8 Å². The van der Waals surface area contributed by atoms with Crippen molar-refractivity contribution in [3.63, 3.8) is 0 Å². The standard InChI is InChI=1S/C20H18N2O4S2/c23-20(24)16-10-15(18-3-1-2-14-13-21-5-4-19(14)18)11-17(12-16)28(25,26)22-6-8-27-9-7-22/h1-5,10-13H,6-9H2,(H,23,24). The van der Waals surface area contributed by atoms with Crippen molar-refractivity contribution in [2.75, 3.05) is 24.6 Å². The van der Waals surface area contributed by atoms with Gasteiger partial charge in [-0.2, -0.15) is 16.1 Å². The minimum atomic E-state index is -3.76. The smallest absolute Gasteiger partial charge is 0.335 e. The lowest BCUT2D eigenvalue weighted by molar-refractivity contribution is 0.0696. The molecule has 1 aliphatic rings. The molecule has 0 spiro atoms. The van der Waals surface area contributed by atoms with E-state index in [1.807, 2.05) is 24.3 Å². The molecule has 28 heavy (non-hydrogen) atoms. The SMILES string of the molecule is O=C(O)c1cc(-c2cccc3cnccc23)cc(S(=O)(=O)N2CCSCC2)c1. The minimum Gasteiger partial charge on any atom is -0.478 e. The number of thioether (sulfide) groups is 1. The lowest BCUT2D eigenvalue weighted by Gasteiger charge is -2.26. The molecule has 2 aromatic carbocycles. The second kappa shape index (κ2) is 7.54. The quantitative estimate of drug-likeness (QED) is 0.705. The van der Waals surface area contributed by atoms with Gasteiger partial charge in [-0.1, -0.05) is 18.2 Å². The maximum absolute atomic E-state index is 13.1. The van der Waals surface area contributed by atoms with E-state index in [1.165, 1.54) is 16.4 Å². The van der Waals surface area contributed by atoms with E-state index in [-0.39, 0.29) is 10.5 Å². The number of aromatic nitrogens is 1. The Morgan fingerprint density at radius 3 is 2.64 bits per heavy atom. The Hall–Kier alpha value is -2.42. The van der Waals surface area contributed by atoms with Crippen molar-refractivity contribution in [1.82, 2.24) is 9.29 Å². The van der Waals surface area contributed by atoms with Crippen LogP contribution in [0, 0.1) is 0 Å². The molecule has 0 amide bonds. The molecular formula is C20H18N2O4S2. The largest absolute Gasteiger partial charge is 0.478 e. The van der Waals surface area contributed by atoms with Crippen LogP contribution in [0.3, 0.4) is 0 Å². The predicted molar refractivity (Wildman–Crippen MR) is 110 cm³/mol. The Bertz CT molecular complexity index is 1150. The summed E-state index contributed by atoms with van der Waals surface area (Å²) in [6.45, 7) is 0.860. The summed E-state index contributed by atoms with van der Waals surface area (Å²) in [7, 11) is -3.76.